The first-order chi connectivity index (χ1) is 10.1. The zero-order valence-corrected chi connectivity index (χ0v) is 12.2. The Morgan fingerprint density at radius 2 is 1.81 bits per heavy atom. The van der Waals surface area contributed by atoms with Crippen molar-refractivity contribution in [3.63, 3.8) is 0 Å². The summed E-state index contributed by atoms with van der Waals surface area (Å²) in [5.74, 6) is 0.589. The van der Waals surface area contributed by atoms with Gasteiger partial charge in [-0.15, -0.1) is 0 Å². The van der Waals surface area contributed by atoms with Gasteiger partial charge in [-0.2, -0.15) is 0 Å². The van der Waals surface area contributed by atoms with Crippen LogP contribution >= 0.6 is 0 Å². The zero-order chi connectivity index (χ0) is 14.9. The highest BCUT2D eigenvalue weighted by Crippen LogP contribution is 2.34. The predicted octanol–water partition coefficient (Wildman–Crippen LogP) is 1.73. The van der Waals surface area contributed by atoms with Crippen LogP contribution in [0.3, 0.4) is 0 Å². The topological polar surface area (TPSA) is 72.6 Å². The first kappa shape index (κ1) is 13.9. The lowest BCUT2D eigenvalue weighted by Gasteiger charge is -2.30. The Morgan fingerprint density at radius 1 is 1.10 bits per heavy atom. The standard InChI is InChI=1S/C15H16N2O3S/c16-11-12-5-7-13(8-6-12)21(18,19)17-9-10-20-15-4-2-1-3-14(15)17/h1-8H,9-11,16H2. The molecule has 2 N–H and O–H groups in total. The van der Waals surface area contributed by atoms with E-state index in [0.29, 0.717) is 31.1 Å². The summed E-state index contributed by atoms with van der Waals surface area (Å²) in [5, 5.41) is 0. The maximum absolute atomic E-state index is 12.8. The summed E-state index contributed by atoms with van der Waals surface area (Å²) in [6.45, 7) is 1.04. The number of hydrogen-bond donors (Lipinski definition) is 1. The molecule has 0 aromatic heterocycles. The normalized spacial score (nSPS) is 14.4. The second-order valence-electron chi connectivity index (χ2n) is 4.74. The van der Waals surface area contributed by atoms with Gasteiger partial charge in [0.2, 0.25) is 0 Å². The van der Waals surface area contributed by atoms with Crippen molar-refractivity contribution in [1.82, 2.24) is 0 Å². The average Bonchev–Trinajstić information content (AvgIpc) is 2.54. The van der Waals surface area contributed by atoms with Gasteiger partial charge in [0.25, 0.3) is 10.0 Å². The Bertz CT molecular complexity index is 742. The smallest absolute Gasteiger partial charge is 0.264 e. The van der Waals surface area contributed by atoms with Gasteiger partial charge in [0.1, 0.15) is 12.4 Å². The van der Waals surface area contributed by atoms with Gasteiger partial charge in [0, 0.05) is 6.54 Å². The van der Waals surface area contributed by atoms with E-state index < -0.39 is 10.0 Å². The number of sulfonamides is 1. The number of anilines is 1. The van der Waals surface area contributed by atoms with Crippen LogP contribution in [0.15, 0.2) is 53.4 Å². The minimum Gasteiger partial charge on any atom is -0.489 e. The number of nitrogens with zero attached hydrogens (tertiary/aromatic N) is 1. The van der Waals surface area contributed by atoms with Gasteiger partial charge in [0.05, 0.1) is 17.1 Å². The van der Waals surface area contributed by atoms with E-state index in [9.17, 15) is 8.42 Å². The summed E-state index contributed by atoms with van der Waals surface area (Å²) in [5.41, 5.74) is 7.01. The van der Waals surface area contributed by atoms with Gasteiger partial charge in [-0.05, 0) is 29.8 Å². The molecule has 0 atom stereocenters. The van der Waals surface area contributed by atoms with Crippen molar-refractivity contribution in [2.24, 2.45) is 5.73 Å². The molecule has 5 nitrogen and oxygen atoms in total. The van der Waals surface area contributed by atoms with Gasteiger partial charge in [-0.1, -0.05) is 24.3 Å². The Balaban J connectivity index is 2.02. The summed E-state index contributed by atoms with van der Waals surface area (Å²) >= 11 is 0. The van der Waals surface area contributed by atoms with Crippen molar-refractivity contribution < 1.29 is 13.2 Å². The van der Waals surface area contributed by atoms with Crippen molar-refractivity contribution in [2.75, 3.05) is 17.5 Å². The molecular formula is C15H16N2O3S. The van der Waals surface area contributed by atoms with Crippen LogP contribution in [-0.4, -0.2) is 21.6 Å². The SMILES string of the molecule is NCc1ccc(S(=O)(=O)N2CCOc3ccccc32)cc1. The molecule has 0 amide bonds. The van der Waals surface area contributed by atoms with E-state index in [1.807, 2.05) is 6.07 Å². The van der Waals surface area contributed by atoms with E-state index in [4.69, 9.17) is 10.5 Å². The molecule has 1 heterocycles. The van der Waals surface area contributed by atoms with Crippen molar-refractivity contribution in [2.45, 2.75) is 11.4 Å². The summed E-state index contributed by atoms with van der Waals surface area (Å²) in [7, 11) is -3.59. The van der Waals surface area contributed by atoms with E-state index in [1.165, 1.54) is 4.31 Å². The highest BCUT2D eigenvalue weighted by molar-refractivity contribution is 7.92. The number of fused-ring (bicyclic) bond motifs is 1. The molecule has 3 rings (SSSR count). The van der Waals surface area contributed by atoms with Crippen molar-refractivity contribution in [3.05, 3.63) is 54.1 Å². The molecule has 6 heteroatoms. The van der Waals surface area contributed by atoms with Crippen molar-refractivity contribution in [3.8, 4) is 5.75 Å². The van der Waals surface area contributed by atoms with Gasteiger partial charge in [0.15, 0.2) is 0 Å². The van der Waals surface area contributed by atoms with Crippen LogP contribution in [0.25, 0.3) is 0 Å². The van der Waals surface area contributed by atoms with Crippen LogP contribution in [0.2, 0.25) is 0 Å². The van der Waals surface area contributed by atoms with E-state index in [0.717, 1.165) is 5.56 Å². The van der Waals surface area contributed by atoms with Crippen molar-refractivity contribution >= 4 is 15.7 Å². The zero-order valence-electron chi connectivity index (χ0n) is 11.4. The Labute approximate surface area is 124 Å². The molecule has 0 spiro atoms. The number of para-hydroxylation sites is 2. The number of hydrogen-bond acceptors (Lipinski definition) is 4. The summed E-state index contributed by atoms with van der Waals surface area (Å²) in [6, 6.07) is 13.8. The molecule has 0 aliphatic carbocycles. The predicted molar refractivity (Wildman–Crippen MR) is 80.8 cm³/mol. The third kappa shape index (κ3) is 2.48. The lowest BCUT2D eigenvalue weighted by atomic mass is 10.2. The number of rotatable bonds is 3. The maximum Gasteiger partial charge on any atom is 0.264 e. The average molecular weight is 304 g/mol. The fraction of sp³-hybridized carbons (Fsp3) is 0.200. The van der Waals surface area contributed by atoms with Crippen LogP contribution < -0.4 is 14.8 Å². The molecule has 1 aliphatic heterocycles. The molecule has 0 saturated heterocycles. The molecule has 0 fully saturated rings. The fourth-order valence-electron chi connectivity index (χ4n) is 2.32. The lowest BCUT2D eigenvalue weighted by molar-refractivity contribution is 0.316. The monoisotopic (exact) mass is 304 g/mol. The quantitative estimate of drug-likeness (QED) is 0.937. The van der Waals surface area contributed by atoms with Crippen LogP contribution in [0.1, 0.15) is 5.56 Å². The van der Waals surface area contributed by atoms with E-state index in [-0.39, 0.29) is 4.90 Å². The van der Waals surface area contributed by atoms with Crippen LogP contribution in [0.5, 0.6) is 5.75 Å². The third-order valence-electron chi connectivity index (χ3n) is 3.43. The molecular weight excluding hydrogens is 288 g/mol. The summed E-state index contributed by atoms with van der Waals surface area (Å²) < 4.78 is 32.5. The highest BCUT2D eigenvalue weighted by atomic mass is 32.2. The minimum absolute atomic E-state index is 0.261. The molecule has 21 heavy (non-hydrogen) atoms. The van der Waals surface area contributed by atoms with Gasteiger partial charge < -0.3 is 10.5 Å². The number of ether oxygens (including phenoxy) is 1. The second-order valence-corrected chi connectivity index (χ2v) is 6.60. The van der Waals surface area contributed by atoms with Gasteiger partial charge >= 0.3 is 0 Å². The molecule has 0 bridgehead atoms. The first-order valence-electron chi connectivity index (χ1n) is 6.66. The molecule has 1 aliphatic rings. The van der Waals surface area contributed by atoms with Gasteiger partial charge in [-0.25, -0.2) is 8.42 Å². The Morgan fingerprint density at radius 3 is 2.52 bits per heavy atom. The Kier molecular flexibility index (Phi) is 3.57. The molecule has 0 radical (unpaired) electrons. The molecule has 0 saturated carbocycles. The fourth-order valence-corrected chi connectivity index (χ4v) is 3.78. The number of nitrogens with two attached hydrogens (primary N) is 1. The van der Waals surface area contributed by atoms with E-state index in [1.54, 1.807) is 42.5 Å². The maximum atomic E-state index is 12.8. The van der Waals surface area contributed by atoms with Crippen LogP contribution in [0.4, 0.5) is 5.69 Å². The molecule has 0 unspecified atom stereocenters. The first-order valence-corrected chi connectivity index (χ1v) is 8.10. The summed E-state index contributed by atoms with van der Waals surface area (Å²) in [6.07, 6.45) is 0. The second kappa shape index (κ2) is 5.38. The molecule has 2 aromatic carbocycles. The van der Waals surface area contributed by atoms with Crippen LogP contribution in [-0.2, 0) is 16.6 Å². The summed E-state index contributed by atoms with van der Waals surface area (Å²) in [4.78, 5) is 0.261. The minimum atomic E-state index is -3.59. The number of benzene rings is 2. The molecule has 110 valence electrons. The van der Waals surface area contributed by atoms with Gasteiger partial charge in [-0.3, -0.25) is 4.31 Å². The highest BCUT2D eigenvalue weighted by Gasteiger charge is 2.29. The lowest BCUT2D eigenvalue weighted by Crippen LogP contribution is -2.37. The largest absolute Gasteiger partial charge is 0.489 e. The Hall–Kier alpha value is -2.05. The van der Waals surface area contributed by atoms with Crippen LogP contribution in [0, 0.1) is 0 Å². The molecule has 2 aromatic rings. The van der Waals surface area contributed by atoms with E-state index in [2.05, 4.69) is 0 Å². The van der Waals surface area contributed by atoms with Crippen molar-refractivity contribution in [1.29, 1.82) is 0 Å². The third-order valence-corrected chi connectivity index (χ3v) is 5.26. The van der Waals surface area contributed by atoms with E-state index >= 15 is 0 Å².